The Kier molecular flexibility index (Phi) is 3.43. The Balaban J connectivity index is 3.15. The molecule has 14 heavy (non-hydrogen) atoms. The van der Waals surface area contributed by atoms with Gasteiger partial charge in [-0.3, -0.25) is 0 Å². The van der Waals surface area contributed by atoms with Crippen LogP contribution in [0.15, 0.2) is 18.2 Å². The van der Waals surface area contributed by atoms with Crippen LogP contribution in [0.5, 0.6) is 0 Å². The lowest BCUT2D eigenvalue weighted by atomic mass is 10.1. The van der Waals surface area contributed by atoms with Gasteiger partial charge in [-0.25, -0.2) is 4.39 Å². The van der Waals surface area contributed by atoms with Gasteiger partial charge in [0.25, 0.3) is 0 Å². The highest BCUT2D eigenvalue weighted by Crippen LogP contribution is 2.25. The Morgan fingerprint density at radius 1 is 1.50 bits per heavy atom. The molecule has 1 aromatic rings. The number of anilines is 1. The van der Waals surface area contributed by atoms with Crippen molar-refractivity contribution in [2.75, 3.05) is 25.5 Å². The van der Waals surface area contributed by atoms with Gasteiger partial charge in [-0.05, 0) is 18.2 Å². The van der Waals surface area contributed by atoms with Gasteiger partial charge in [-0.2, -0.15) is 0 Å². The molecule has 78 valence electrons. The number of hydrogen-bond donors (Lipinski definition) is 2. The van der Waals surface area contributed by atoms with Crippen LogP contribution in [0.3, 0.4) is 0 Å². The van der Waals surface area contributed by atoms with Crippen molar-refractivity contribution in [2.24, 2.45) is 5.73 Å². The highest BCUT2D eigenvalue weighted by molar-refractivity contribution is 5.53. The molecule has 0 aliphatic carbocycles. The van der Waals surface area contributed by atoms with Gasteiger partial charge in [0, 0.05) is 31.9 Å². The van der Waals surface area contributed by atoms with Gasteiger partial charge >= 0.3 is 0 Å². The van der Waals surface area contributed by atoms with Crippen molar-refractivity contribution in [1.82, 2.24) is 0 Å². The van der Waals surface area contributed by atoms with Crippen molar-refractivity contribution in [2.45, 2.75) is 6.10 Å². The summed E-state index contributed by atoms with van der Waals surface area (Å²) in [7, 11) is 3.67. The van der Waals surface area contributed by atoms with E-state index in [0.29, 0.717) is 5.56 Å². The number of halogens is 1. The van der Waals surface area contributed by atoms with Crippen LogP contribution in [0.1, 0.15) is 11.7 Å². The second kappa shape index (κ2) is 4.39. The number of rotatable bonds is 3. The van der Waals surface area contributed by atoms with Crippen LogP contribution in [-0.4, -0.2) is 25.7 Å². The first-order valence-electron chi connectivity index (χ1n) is 4.41. The van der Waals surface area contributed by atoms with Gasteiger partial charge in [0.15, 0.2) is 0 Å². The minimum atomic E-state index is -0.817. The summed E-state index contributed by atoms with van der Waals surface area (Å²) in [6.45, 7) is 0.0876. The summed E-state index contributed by atoms with van der Waals surface area (Å²) in [5.74, 6) is -0.363. The SMILES string of the molecule is CN(C)c1ccc(F)cc1C(O)CN. The van der Waals surface area contributed by atoms with Gasteiger partial charge in [0.05, 0.1) is 6.10 Å². The van der Waals surface area contributed by atoms with E-state index in [0.717, 1.165) is 5.69 Å². The first-order valence-corrected chi connectivity index (χ1v) is 4.41. The third-order valence-electron chi connectivity index (χ3n) is 2.05. The highest BCUT2D eigenvalue weighted by atomic mass is 19.1. The van der Waals surface area contributed by atoms with E-state index in [2.05, 4.69) is 0 Å². The third kappa shape index (κ3) is 2.21. The minimum Gasteiger partial charge on any atom is -0.387 e. The Hall–Kier alpha value is -1.13. The summed E-state index contributed by atoms with van der Waals surface area (Å²) in [6, 6.07) is 4.30. The van der Waals surface area contributed by atoms with Crippen molar-refractivity contribution in [1.29, 1.82) is 0 Å². The van der Waals surface area contributed by atoms with E-state index in [1.807, 2.05) is 19.0 Å². The molecule has 0 bridgehead atoms. The van der Waals surface area contributed by atoms with E-state index < -0.39 is 6.10 Å². The highest BCUT2D eigenvalue weighted by Gasteiger charge is 2.12. The summed E-state index contributed by atoms with van der Waals surface area (Å²) >= 11 is 0. The van der Waals surface area contributed by atoms with Crippen molar-refractivity contribution in [3.05, 3.63) is 29.6 Å². The smallest absolute Gasteiger partial charge is 0.123 e. The summed E-state index contributed by atoms with van der Waals surface area (Å²) < 4.78 is 12.9. The van der Waals surface area contributed by atoms with Crippen molar-refractivity contribution in [3.63, 3.8) is 0 Å². The standard InChI is InChI=1S/C10H15FN2O/c1-13(2)9-4-3-7(11)5-8(9)10(14)6-12/h3-5,10,14H,6,12H2,1-2H3. The summed E-state index contributed by atoms with van der Waals surface area (Å²) in [6.07, 6.45) is -0.817. The van der Waals surface area contributed by atoms with Crippen LogP contribution in [0.25, 0.3) is 0 Å². The second-order valence-electron chi connectivity index (χ2n) is 3.35. The van der Waals surface area contributed by atoms with Crippen LogP contribution < -0.4 is 10.6 Å². The number of nitrogens with two attached hydrogens (primary N) is 1. The summed E-state index contributed by atoms with van der Waals surface area (Å²) in [5, 5.41) is 9.57. The van der Waals surface area contributed by atoms with Crippen LogP contribution in [0, 0.1) is 5.82 Å². The average Bonchev–Trinajstić information content (AvgIpc) is 2.16. The quantitative estimate of drug-likeness (QED) is 0.758. The number of aliphatic hydroxyl groups is 1. The van der Waals surface area contributed by atoms with Gasteiger partial charge in [-0.1, -0.05) is 0 Å². The molecule has 1 unspecified atom stereocenters. The first-order chi connectivity index (χ1) is 6.56. The van der Waals surface area contributed by atoms with E-state index in [1.54, 1.807) is 6.07 Å². The predicted octanol–water partition coefficient (Wildman–Crippen LogP) is 0.884. The maximum Gasteiger partial charge on any atom is 0.123 e. The van der Waals surface area contributed by atoms with E-state index in [4.69, 9.17) is 5.73 Å². The Morgan fingerprint density at radius 3 is 2.64 bits per heavy atom. The lowest BCUT2D eigenvalue weighted by Crippen LogP contribution is -2.17. The number of aliphatic hydroxyl groups excluding tert-OH is 1. The molecular weight excluding hydrogens is 183 g/mol. The maximum atomic E-state index is 12.9. The zero-order valence-corrected chi connectivity index (χ0v) is 8.37. The molecular formula is C10H15FN2O. The fraction of sp³-hybridized carbons (Fsp3) is 0.400. The average molecular weight is 198 g/mol. The molecule has 1 rings (SSSR count). The van der Waals surface area contributed by atoms with Gasteiger partial charge in [0.2, 0.25) is 0 Å². The molecule has 1 atom stereocenters. The molecule has 0 aliphatic heterocycles. The topological polar surface area (TPSA) is 49.5 Å². The molecule has 0 aromatic heterocycles. The molecule has 0 heterocycles. The fourth-order valence-electron chi connectivity index (χ4n) is 1.33. The molecule has 1 aromatic carbocycles. The largest absolute Gasteiger partial charge is 0.387 e. The van der Waals surface area contributed by atoms with E-state index in [9.17, 15) is 9.50 Å². The zero-order chi connectivity index (χ0) is 10.7. The number of hydrogen-bond acceptors (Lipinski definition) is 3. The Bertz CT molecular complexity index is 315. The van der Waals surface area contributed by atoms with Crippen LogP contribution in [0.2, 0.25) is 0 Å². The fourth-order valence-corrected chi connectivity index (χ4v) is 1.33. The van der Waals surface area contributed by atoms with Crippen molar-refractivity contribution in [3.8, 4) is 0 Å². The lowest BCUT2D eigenvalue weighted by molar-refractivity contribution is 0.186. The van der Waals surface area contributed by atoms with Crippen LogP contribution in [0.4, 0.5) is 10.1 Å². The summed E-state index contributed by atoms with van der Waals surface area (Å²) in [4.78, 5) is 1.81. The van der Waals surface area contributed by atoms with E-state index in [-0.39, 0.29) is 12.4 Å². The molecule has 0 radical (unpaired) electrons. The van der Waals surface area contributed by atoms with Crippen molar-refractivity contribution >= 4 is 5.69 Å². The molecule has 3 nitrogen and oxygen atoms in total. The molecule has 0 spiro atoms. The molecule has 0 saturated heterocycles. The van der Waals surface area contributed by atoms with Crippen LogP contribution >= 0.6 is 0 Å². The third-order valence-corrected chi connectivity index (χ3v) is 2.05. The maximum absolute atomic E-state index is 12.9. The molecule has 4 heteroatoms. The van der Waals surface area contributed by atoms with Gasteiger partial charge in [0.1, 0.15) is 5.82 Å². The molecule has 0 aliphatic rings. The molecule has 0 amide bonds. The van der Waals surface area contributed by atoms with E-state index in [1.165, 1.54) is 12.1 Å². The van der Waals surface area contributed by atoms with Crippen LogP contribution in [-0.2, 0) is 0 Å². The molecule has 0 fully saturated rings. The predicted molar refractivity (Wildman–Crippen MR) is 54.7 cm³/mol. The monoisotopic (exact) mass is 198 g/mol. The first kappa shape index (κ1) is 10.9. The minimum absolute atomic E-state index is 0.0876. The Morgan fingerprint density at radius 2 is 2.14 bits per heavy atom. The van der Waals surface area contributed by atoms with Crippen molar-refractivity contribution < 1.29 is 9.50 Å². The number of benzene rings is 1. The zero-order valence-electron chi connectivity index (χ0n) is 8.37. The number of nitrogens with zero attached hydrogens (tertiary/aromatic N) is 1. The molecule has 0 saturated carbocycles. The van der Waals surface area contributed by atoms with Gasteiger partial charge in [-0.15, -0.1) is 0 Å². The lowest BCUT2D eigenvalue weighted by Gasteiger charge is -2.20. The van der Waals surface area contributed by atoms with E-state index >= 15 is 0 Å². The molecule has 3 N–H and O–H groups in total. The summed E-state index contributed by atoms with van der Waals surface area (Å²) in [5.41, 5.74) is 6.64. The normalized spacial score (nSPS) is 12.6. The second-order valence-corrected chi connectivity index (χ2v) is 3.35. The van der Waals surface area contributed by atoms with Gasteiger partial charge < -0.3 is 15.7 Å². The Labute approximate surface area is 83.0 Å².